The molecular formula is C13H21N3OS. The number of nitrogens with one attached hydrogen (secondary N) is 1. The van der Waals surface area contributed by atoms with Crippen LogP contribution in [0.3, 0.4) is 0 Å². The average molecular weight is 267 g/mol. The summed E-state index contributed by atoms with van der Waals surface area (Å²) in [7, 11) is 0. The first kappa shape index (κ1) is 13.5. The summed E-state index contributed by atoms with van der Waals surface area (Å²) in [6, 6.07) is 0. The standard InChI is InChI=1S/C13H21N3OS/c1-9(2)5-13(3-4-13)8-15-12(17)10-7-18-11(6-14)16-10/h7,9H,3-6,8,14H2,1-2H3,(H,15,17). The molecule has 4 nitrogen and oxygen atoms in total. The Hall–Kier alpha value is -0.940. The van der Waals surface area contributed by atoms with Crippen molar-refractivity contribution in [2.24, 2.45) is 17.1 Å². The molecule has 2 rings (SSSR count). The molecule has 100 valence electrons. The van der Waals surface area contributed by atoms with Gasteiger partial charge in [-0.3, -0.25) is 4.79 Å². The number of hydrogen-bond donors (Lipinski definition) is 2. The molecule has 1 aromatic rings. The van der Waals surface area contributed by atoms with Gasteiger partial charge in [0, 0.05) is 18.5 Å². The Morgan fingerprint density at radius 1 is 1.61 bits per heavy atom. The number of nitrogens with two attached hydrogens (primary N) is 1. The molecule has 1 aromatic heterocycles. The predicted molar refractivity (Wildman–Crippen MR) is 73.5 cm³/mol. The first-order valence-corrected chi connectivity index (χ1v) is 7.35. The third-order valence-corrected chi connectivity index (χ3v) is 4.25. The number of aromatic nitrogens is 1. The minimum Gasteiger partial charge on any atom is -0.350 e. The molecule has 0 aromatic carbocycles. The first-order valence-electron chi connectivity index (χ1n) is 6.47. The minimum atomic E-state index is -0.0685. The van der Waals surface area contributed by atoms with Gasteiger partial charge in [-0.1, -0.05) is 13.8 Å². The van der Waals surface area contributed by atoms with Crippen LogP contribution < -0.4 is 11.1 Å². The summed E-state index contributed by atoms with van der Waals surface area (Å²) in [5, 5.41) is 5.60. The van der Waals surface area contributed by atoms with E-state index in [0.29, 0.717) is 23.6 Å². The van der Waals surface area contributed by atoms with E-state index >= 15 is 0 Å². The molecule has 0 radical (unpaired) electrons. The maximum absolute atomic E-state index is 11.9. The zero-order valence-electron chi connectivity index (χ0n) is 11.0. The number of rotatable bonds is 6. The van der Waals surface area contributed by atoms with Gasteiger partial charge in [-0.15, -0.1) is 11.3 Å². The van der Waals surface area contributed by atoms with Crippen molar-refractivity contribution in [1.82, 2.24) is 10.3 Å². The monoisotopic (exact) mass is 267 g/mol. The molecule has 0 aliphatic heterocycles. The summed E-state index contributed by atoms with van der Waals surface area (Å²) in [6.07, 6.45) is 3.66. The number of nitrogens with zero attached hydrogens (tertiary/aromatic N) is 1. The second-order valence-electron chi connectivity index (χ2n) is 5.61. The molecule has 5 heteroatoms. The lowest BCUT2D eigenvalue weighted by Gasteiger charge is -2.17. The van der Waals surface area contributed by atoms with Crippen LogP contribution in [0, 0.1) is 11.3 Å². The molecule has 0 saturated heterocycles. The van der Waals surface area contributed by atoms with Crippen LogP contribution in [0.25, 0.3) is 0 Å². The van der Waals surface area contributed by atoms with Gasteiger partial charge < -0.3 is 11.1 Å². The van der Waals surface area contributed by atoms with Crippen molar-refractivity contribution in [1.29, 1.82) is 0 Å². The summed E-state index contributed by atoms with van der Waals surface area (Å²) < 4.78 is 0. The van der Waals surface area contributed by atoms with Crippen molar-refractivity contribution in [2.45, 2.75) is 39.7 Å². The Morgan fingerprint density at radius 2 is 2.33 bits per heavy atom. The topological polar surface area (TPSA) is 68.0 Å². The Balaban J connectivity index is 1.85. The van der Waals surface area contributed by atoms with Crippen LogP contribution in [0.15, 0.2) is 5.38 Å². The maximum Gasteiger partial charge on any atom is 0.270 e. The van der Waals surface area contributed by atoms with Gasteiger partial charge >= 0.3 is 0 Å². The largest absolute Gasteiger partial charge is 0.350 e. The first-order chi connectivity index (χ1) is 8.54. The van der Waals surface area contributed by atoms with Crippen LogP contribution in [0.5, 0.6) is 0 Å². The Kier molecular flexibility index (Phi) is 4.02. The number of carbonyl (C=O) groups excluding carboxylic acids is 1. The van der Waals surface area contributed by atoms with Gasteiger partial charge in [0.2, 0.25) is 0 Å². The highest BCUT2D eigenvalue weighted by Gasteiger charge is 2.42. The molecule has 1 saturated carbocycles. The van der Waals surface area contributed by atoms with Crippen molar-refractivity contribution in [3.63, 3.8) is 0 Å². The van der Waals surface area contributed by atoms with E-state index in [-0.39, 0.29) is 5.91 Å². The van der Waals surface area contributed by atoms with Gasteiger partial charge in [0.05, 0.1) is 0 Å². The minimum absolute atomic E-state index is 0.0685. The van der Waals surface area contributed by atoms with E-state index in [1.807, 2.05) is 0 Å². The molecule has 1 amide bonds. The van der Waals surface area contributed by atoms with Gasteiger partial charge in [0.15, 0.2) is 0 Å². The molecule has 1 aliphatic carbocycles. The summed E-state index contributed by atoms with van der Waals surface area (Å²) in [5.74, 6) is 0.619. The van der Waals surface area contributed by atoms with Crippen LogP contribution in [-0.2, 0) is 6.54 Å². The van der Waals surface area contributed by atoms with E-state index in [0.717, 1.165) is 11.6 Å². The molecule has 0 unspecified atom stereocenters. The molecule has 0 spiro atoms. The molecule has 3 N–H and O–H groups in total. The fourth-order valence-electron chi connectivity index (χ4n) is 2.36. The lowest BCUT2D eigenvalue weighted by molar-refractivity contribution is 0.0938. The number of thiazole rings is 1. The molecule has 1 fully saturated rings. The van der Waals surface area contributed by atoms with Crippen LogP contribution in [0.2, 0.25) is 0 Å². The summed E-state index contributed by atoms with van der Waals surface area (Å²) >= 11 is 1.44. The van der Waals surface area contributed by atoms with E-state index in [2.05, 4.69) is 24.1 Å². The van der Waals surface area contributed by atoms with Crippen molar-refractivity contribution in [2.75, 3.05) is 6.54 Å². The van der Waals surface area contributed by atoms with E-state index in [1.54, 1.807) is 5.38 Å². The van der Waals surface area contributed by atoms with Crippen LogP contribution in [-0.4, -0.2) is 17.4 Å². The van der Waals surface area contributed by atoms with Crippen LogP contribution in [0.4, 0.5) is 0 Å². The van der Waals surface area contributed by atoms with Crippen molar-refractivity contribution >= 4 is 17.2 Å². The predicted octanol–water partition coefficient (Wildman–Crippen LogP) is 2.16. The van der Waals surface area contributed by atoms with Gasteiger partial charge in [-0.05, 0) is 30.6 Å². The molecule has 1 aliphatic rings. The SMILES string of the molecule is CC(C)CC1(CNC(=O)c2csc(CN)n2)CC1. The van der Waals surface area contributed by atoms with Crippen LogP contribution in [0.1, 0.15) is 48.6 Å². The van der Waals surface area contributed by atoms with Gasteiger partial charge in [0.1, 0.15) is 10.7 Å². The fourth-order valence-corrected chi connectivity index (χ4v) is 3.02. The molecule has 1 heterocycles. The van der Waals surface area contributed by atoms with E-state index in [1.165, 1.54) is 30.6 Å². The van der Waals surface area contributed by atoms with E-state index in [4.69, 9.17) is 5.73 Å². The summed E-state index contributed by atoms with van der Waals surface area (Å²) in [4.78, 5) is 16.1. The van der Waals surface area contributed by atoms with Gasteiger partial charge in [0.25, 0.3) is 5.91 Å². The fraction of sp³-hybridized carbons (Fsp3) is 0.692. The van der Waals surface area contributed by atoms with Crippen molar-refractivity contribution in [3.05, 3.63) is 16.1 Å². The number of hydrogen-bond acceptors (Lipinski definition) is 4. The third kappa shape index (κ3) is 3.29. The summed E-state index contributed by atoms with van der Waals surface area (Å²) in [6.45, 7) is 5.64. The highest BCUT2D eigenvalue weighted by atomic mass is 32.1. The van der Waals surface area contributed by atoms with Gasteiger partial charge in [-0.25, -0.2) is 4.98 Å². The highest BCUT2D eigenvalue weighted by molar-refractivity contribution is 7.09. The number of amides is 1. The van der Waals surface area contributed by atoms with E-state index < -0.39 is 0 Å². The maximum atomic E-state index is 11.9. The Labute approximate surface area is 112 Å². The van der Waals surface area contributed by atoms with Crippen molar-refractivity contribution < 1.29 is 4.79 Å². The normalized spacial score (nSPS) is 16.9. The lowest BCUT2D eigenvalue weighted by atomic mass is 9.94. The quantitative estimate of drug-likeness (QED) is 0.830. The summed E-state index contributed by atoms with van der Waals surface area (Å²) in [5.41, 5.74) is 6.35. The smallest absolute Gasteiger partial charge is 0.270 e. The van der Waals surface area contributed by atoms with Crippen molar-refractivity contribution in [3.8, 4) is 0 Å². The number of carbonyl (C=O) groups is 1. The Morgan fingerprint density at radius 3 is 2.83 bits per heavy atom. The average Bonchev–Trinajstić information content (AvgIpc) is 2.92. The zero-order valence-corrected chi connectivity index (χ0v) is 11.8. The van der Waals surface area contributed by atoms with Gasteiger partial charge in [-0.2, -0.15) is 0 Å². The van der Waals surface area contributed by atoms with Crippen LogP contribution >= 0.6 is 11.3 Å². The highest BCUT2D eigenvalue weighted by Crippen LogP contribution is 2.50. The van der Waals surface area contributed by atoms with E-state index in [9.17, 15) is 4.79 Å². The molecular weight excluding hydrogens is 246 g/mol. The Bertz CT molecular complexity index is 424. The molecule has 0 atom stereocenters. The zero-order chi connectivity index (χ0) is 13.2. The molecule has 0 bridgehead atoms. The second-order valence-corrected chi connectivity index (χ2v) is 6.55. The molecule has 18 heavy (non-hydrogen) atoms. The second kappa shape index (κ2) is 5.36. The third-order valence-electron chi connectivity index (χ3n) is 3.38. The lowest BCUT2D eigenvalue weighted by Crippen LogP contribution is -2.31.